The van der Waals surface area contributed by atoms with Gasteiger partial charge in [0.1, 0.15) is 0 Å². The van der Waals surface area contributed by atoms with Crippen LogP contribution in [0.5, 0.6) is 0 Å². The molecule has 0 heterocycles. The highest BCUT2D eigenvalue weighted by Gasteiger charge is 1.85. The van der Waals surface area contributed by atoms with Crippen LogP contribution in [0.4, 0.5) is 0 Å². The maximum atomic E-state index is 2.32. The van der Waals surface area contributed by atoms with Crippen molar-refractivity contribution in [3.05, 3.63) is 24.3 Å². The van der Waals surface area contributed by atoms with Gasteiger partial charge in [0.15, 0.2) is 0 Å². The van der Waals surface area contributed by atoms with Crippen molar-refractivity contribution in [2.24, 2.45) is 0 Å². The molecule has 0 heteroatoms. The van der Waals surface area contributed by atoms with Crippen LogP contribution in [0.25, 0.3) is 0 Å². The second-order valence-electron chi connectivity index (χ2n) is 2.80. The summed E-state index contributed by atoms with van der Waals surface area (Å²) in [5.41, 5.74) is 0. The zero-order valence-corrected chi connectivity index (χ0v) is 6.55. The second kappa shape index (κ2) is 5.28. The van der Waals surface area contributed by atoms with Gasteiger partial charge < -0.3 is 0 Å². The van der Waals surface area contributed by atoms with Crippen LogP contribution in [0.2, 0.25) is 0 Å². The molecular formula is C10H16. The lowest BCUT2D eigenvalue weighted by Gasteiger charge is -1.95. The largest absolute Gasteiger partial charge is 0.0885 e. The topological polar surface area (TPSA) is 0 Å². The highest BCUT2D eigenvalue weighted by atomic mass is 13.9. The van der Waals surface area contributed by atoms with Gasteiger partial charge in [0.05, 0.1) is 0 Å². The van der Waals surface area contributed by atoms with E-state index in [9.17, 15) is 0 Å². The first kappa shape index (κ1) is 7.59. The van der Waals surface area contributed by atoms with Crippen LogP contribution in [0.3, 0.4) is 0 Å². The molecule has 56 valence electrons. The van der Waals surface area contributed by atoms with Gasteiger partial charge in [-0.05, 0) is 38.5 Å². The molecule has 0 unspecified atom stereocenters. The number of hydrogen-bond donors (Lipinski definition) is 0. The van der Waals surface area contributed by atoms with Gasteiger partial charge in [-0.1, -0.05) is 24.3 Å². The van der Waals surface area contributed by atoms with Gasteiger partial charge in [0, 0.05) is 0 Å². The van der Waals surface area contributed by atoms with Gasteiger partial charge in [-0.2, -0.15) is 0 Å². The van der Waals surface area contributed by atoms with Gasteiger partial charge in [-0.3, -0.25) is 0 Å². The molecule has 0 spiro atoms. The summed E-state index contributed by atoms with van der Waals surface area (Å²) in [5.74, 6) is 0. The first-order chi connectivity index (χ1) is 5.00. The van der Waals surface area contributed by atoms with Crippen molar-refractivity contribution in [1.29, 1.82) is 0 Å². The summed E-state index contributed by atoms with van der Waals surface area (Å²) in [6.45, 7) is 0. The molecule has 0 N–H and O–H groups in total. The SMILES string of the molecule is C1=CCCCC=CCCC1. The zero-order valence-electron chi connectivity index (χ0n) is 6.55. The summed E-state index contributed by atoms with van der Waals surface area (Å²) < 4.78 is 0. The van der Waals surface area contributed by atoms with E-state index in [2.05, 4.69) is 24.3 Å². The van der Waals surface area contributed by atoms with Crippen LogP contribution in [0.1, 0.15) is 38.5 Å². The lowest BCUT2D eigenvalue weighted by atomic mass is 10.1. The fraction of sp³-hybridized carbons (Fsp3) is 0.600. The monoisotopic (exact) mass is 136 g/mol. The normalized spacial score (nSPS) is 20.8. The van der Waals surface area contributed by atoms with E-state index >= 15 is 0 Å². The third-order valence-corrected chi connectivity index (χ3v) is 1.82. The Morgan fingerprint density at radius 1 is 0.500 bits per heavy atom. The predicted octanol–water partition coefficient (Wildman–Crippen LogP) is 3.45. The summed E-state index contributed by atoms with van der Waals surface area (Å²) in [6.07, 6.45) is 17.0. The molecule has 0 bridgehead atoms. The number of allylic oxidation sites excluding steroid dienone is 4. The standard InChI is InChI=1S/C10H16/c1-2-4-6-8-10-9-7-5-3-1/h1-2,9-10H,3-8H2. The number of hydrogen-bond acceptors (Lipinski definition) is 0. The molecule has 1 aliphatic carbocycles. The van der Waals surface area contributed by atoms with Crippen LogP contribution in [0.15, 0.2) is 24.3 Å². The van der Waals surface area contributed by atoms with Gasteiger partial charge >= 0.3 is 0 Å². The van der Waals surface area contributed by atoms with E-state index in [0.717, 1.165) is 0 Å². The Balaban J connectivity index is 2.22. The minimum Gasteiger partial charge on any atom is -0.0885 e. The van der Waals surface area contributed by atoms with Crippen molar-refractivity contribution >= 4 is 0 Å². The molecule has 0 aliphatic heterocycles. The average Bonchev–Trinajstić information content (AvgIpc) is 2.01. The molecule has 0 aromatic heterocycles. The second-order valence-corrected chi connectivity index (χ2v) is 2.80. The summed E-state index contributed by atoms with van der Waals surface area (Å²) in [7, 11) is 0. The molecule has 0 nitrogen and oxygen atoms in total. The molecule has 1 rings (SSSR count). The Hall–Kier alpha value is -0.520. The van der Waals surface area contributed by atoms with E-state index in [1.165, 1.54) is 38.5 Å². The third kappa shape index (κ3) is 3.49. The molecule has 0 fully saturated rings. The fourth-order valence-electron chi connectivity index (χ4n) is 1.18. The minimum absolute atomic E-state index is 1.27. The summed E-state index contributed by atoms with van der Waals surface area (Å²) in [5, 5.41) is 0. The van der Waals surface area contributed by atoms with Crippen molar-refractivity contribution in [1.82, 2.24) is 0 Å². The Morgan fingerprint density at radius 3 is 1.10 bits per heavy atom. The van der Waals surface area contributed by atoms with Crippen LogP contribution >= 0.6 is 0 Å². The lowest BCUT2D eigenvalue weighted by Crippen LogP contribution is -1.75. The van der Waals surface area contributed by atoms with E-state index in [0.29, 0.717) is 0 Å². The molecule has 10 heavy (non-hydrogen) atoms. The maximum absolute atomic E-state index is 2.32. The summed E-state index contributed by atoms with van der Waals surface area (Å²) in [6, 6.07) is 0. The van der Waals surface area contributed by atoms with E-state index < -0.39 is 0 Å². The molecule has 0 amide bonds. The van der Waals surface area contributed by atoms with E-state index in [-0.39, 0.29) is 0 Å². The lowest BCUT2D eigenvalue weighted by molar-refractivity contribution is 0.816. The van der Waals surface area contributed by atoms with Crippen molar-refractivity contribution in [2.75, 3.05) is 0 Å². The van der Waals surface area contributed by atoms with E-state index in [4.69, 9.17) is 0 Å². The van der Waals surface area contributed by atoms with Crippen LogP contribution in [0, 0.1) is 0 Å². The molecule has 0 aromatic rings. The van der Waals surface area contributed by atoms with Crippen molar-refractivity contribution in [3.63, 3.8) is 0 Å². The van der Waals surface area contributed by atoms with E-state index in [1.54, 1.807) is 0 Å². The van der Waals surface area contributed by atoms with Crippen molar-refractivity contribution < 1.29 is 0 Å². The van der Waals surface area contributed by atoms with Crippen molar-refractivity contribution in [2.45, 2.75) is 38.5 Å². The van der Waals surface area contributed by atoms with Gasteiger partial charge in [-0.15, -0.1) is 0 Å². The number of rotatable bonds is 0. The molecule has 0 saturated carbocycles. The third-order valence-electron chi connectivity index (χ3n) is 1.82. The first-order valence-electron chi connectivity index (χ1n) is 4.30. The quantitative estimate of drug-likeness (QED) is 0.447. The Bertz CT molecular complexity index is 92.0. The van der Waals surface area contributed by atoms with Crippen LogP contribution < -0.4 is 0 Å². The maximum Gasteiger partial charge on any atom is -0.0348 e. The molecule has 1 aliphatic rings. The summed E-state index contributed by atoms with van der Waals surface area (Å²) >= 11 is 0. The van der Waals surface area contributed by atoms with Crippen molar-refractivity contribution in [3.8, 4) is 0 Å². The molecular weight excluding hydrogens is 120 g/mol. The Kier molecular flexibility index (Phi) is 4.00. The molecule has 0 saturated heterocycles. The first-order valence-corrected chi connectivity index (χ1v) is 4.30. The van der Waals surface area contributed by atoms with Gasteiger partial charge in [0.25, 0.3) is 0 Å². The van der Waals surface area contributed by atoms with Crippen LogP contribution in [-0.2, 0) is 0 Å². The van der Waals surface area contributed by atoms with Gasteiger partial charge in [-0.25, -0.2) is 0 Å². The van der Waals surface area contributed by atoms with E-state index in [1.807, 2.05) is 0 Å². The average molecular weight is 136 g/mol. The smallest absolute Gasteiger partial charge is 0.0348 e. The molecule has 0 aromatic carbocycles. The summed E-state index contributed by atoms with van der Waals surface area (Å²) in [4.78, 5) is 0. The highest BCUT2D eigenvalue weighted by Crippen LogP contribution is 2.05. The van der Waals surface area contributed by atoms with Crippen LogP contribution in [-0.4, -0.2) is 0 Å². The molecule has 0 radical (unpaired) electrons. The Morgan fingerprint density at radius 2 is 0.800 bits per heavy atom. The minimum atomic E-state index is 1.27. The fourth-order valence-corrected chi connectivity index (χ4v) is 1.18. The zero-order chi connectivity index (χ0) is 7.07. The molecule has 0 atom stereocenters. The van der Waals surface area contributed by atoms with Gasteiger partial charge in [0.2, 0.25) is 0 Å². The Labute approximate surface area is 63.6 Å². The highest BCUT2D eigenvalue weighted by molar-refractivity contribution is 4.88. The predicted molar refractivity (Wildman–Crippen MR) is 46.0 cm³/mol.